The molecule has 9 heteroatoms. The quantitative estimate of drug-likeness (QED) is 0.372. The summed E-state index contributed by atoms with van der Waals surface area (Å²) in [5, 5.41) is 11.4. The predicted molar refractivity (Wildman–Crippen MR) is 177 cm³/mol. The first kappa shape index (κ1) is 29.8. The van der Waals surface area contributed by atoms with Gasteiger partial charge in [0, 0.05) is 35.1 Å². The van der Waals surface area contributed by atoms with Crippen LogP contribution < -0.4 is 4.90 Å². The van der Waals surface area contributed by atoms with Crippen molar-refractivity contribution in [2.45, 2.75) is 35.0 Å². The maximum Gasteiger partial charge on any atom is 0.251 e. The van der Waals surface area contributed by atoms with E-state index in [9.17, 15) is 19.5 Å². The van der Waals surface area contributed by atoms with Crippen molar-refractivity contribution in [3.63, 3.8) is 0 Å². The Kier molecular flexibility index (Phi) is 7.63. The van der Waals surface area contributed by atoms with Gasteiger partial charge >= 0.3 is 0 Å². The lowest BCUT2D eigenvalue weighted by atomic mass is 9.74. The van der Waals surface area contributed by atoms with Crippen LogP contribution in [0.25, 0.3) is 0 Å². The van der Waals surface area contributed by atoms with Gasteiger partial charge in [-0.3, -0.25) is 14.4 Å². The van der Waals surface area contributed by atoms with E-state index in [1.54, 1.807) is 34.1 Å². The first-order valence-corrected chi connectivity index (χ1v) is 16.4. The molecule has 0 radical (unpaired) electrons. The zero-order chi connectivity index (χ0) is 31.3. The minimum Gasteiger partial charge on any atom is -0.394 e. The van der Waals surface area contributed by atoms with Gasteiger partial charge in [0.2, 0.25) is 11.8 Å². The highest BCUT2D eigenvalue weighted by Gasteiger charge is 2.74. The normalized spacial score (nSPS) is 29.7. The zero-order valence-electron chi connectivity index (χ0n) is 24.8. The number of hydrogen-bond donors (Lipinski definition) is 1. The Labute approximate surface area is 272 Å². The largest absolute Gasteiger partial charge is 0.394 e. The third-order valence-corrected chi connectivity index (χ3v) is 11.7. The molecule has 6 atom stereocenters. The molecule has 4 heterocycles. The number of amides is 3. The number of carbonyl (C=O) groups excluding carboxylic acids is 3. The van der Waals surface area contributed by atoms with Crippen LogP contribution in [0.3, 0.4) is 0 Å². The number of aliphatic hydroxyl groups excluding tert-OH is 1. The molecule has 2 fully saturated rings. The Morgan fingerprint density at radius 2 is 1.51 bits per heavy atom. The Morgan fingerprint density at radius 1 is 0.844 bits per heavy atom. The number of thioether (sulfide) groups is 1. The number of carbonyl (C=O) groups is 3. The molecule has 0 aliphatic carbocycles. The smallest absolute Gasteiger partial charge is 0.251 e. The van der Waals surface area contributed by atoms with Crippen LogP contribution in [0.4, 0.5) is 5.69 Å². The van der Waals surface area contributed by atoms with Crippen LogP contribution in [0.5, 0.6) is 0 Å². The number of aliphatic hydroxyl groups is 1. The fourth-order valence-corrected chi connectivity index (χ4v) is 9.95. The molecule has 7 nitrogen and oxygen atoms in total. The third kappa shape index (κ3) is 4.82. The summed E-state index contributed by atoms with van der Waals surface area (Å²) in [5.74, 6) is -2.16. The van der Waals surface area contributed by atoms with Crippen molar-refractivity contribution >= 4 is 46.8 Å². The van der Waals surface area contributed by atoms with E-state index in [2.05, 4.69) is 6.08 Å². The summed E-state index contributed by atoms with van der Waals surface area (Å²) < 4.78 is -1.76. The lowest BCUT2D eigenvalue weighted by molar-refractivity contribution is -0.145. The lowest BCUT2D eigenvalue weighted by Gasteiger charge is -2.40. The summed E-state index contributed by atoms with van der Waals surface area (Å²) in [6, 6.07) is 24.5. The van der Waals surface area contributed by atoms with Crippen LogP contribution in [0.2, 0.25) is 5.02 Å². The van der Waals surface area contributed by atoms with Crippen molar-refractivity contribution in [2.24, 2.45) is 11.8 Å². The Balaban J connectivity index is 1.36. The Morgan fingerprint density at radius 3 is 2.20 bits per heavy atom. The third-order valence-electron chi connectivity index (χ3n) is 9.63. The fourth-order valence-electron chi connectivity index (χ4n) is 7.68. The van der Waals surface area contributed by atoms with E-state index in [0.717, 1.165) is 11.1 Å². The Bertz CT molecular complexity index is 1680. The van der Waals surface area contributed by atoms with Gasteiger partial charge in [-0.1, -0.05) is 96.6 Å². The van der Waals surface area contributed by atoms with Crippen molar-refractivity contribution in [3.05, 3.63) is 125 Å². The topological polar surface area (TPSA) is 81.2 Å². The molecule has 3 aromatic carbocycles. The summed E-state index contributed by atoms with van der Waals surface area (Å²) in [4.78, 5) is 49.5. The van der Waals surface area contributed by atoms with E-state index in [4.69, 9.17) is 11.6 Å². The molecule has 3 amide bonds. The Hall–Kier alpha value is -3.85. The number of nitrogens with zero attached hydrogens (tertiary/aromatic N) is 3. The molecule has 0 aromatic heterocycles. The summed E-state index contributed by atoms with van der Waals surface area (Å²) in [7, 11) is 0. The standard InChI is InChI=1S/C36H34ClN3O4S/c1-35-18-8-20-38(22-24-10-4-2-5-11-24)32(42)29(35)30-33(43)40(28(23-41)25-12-6-3-7-13-25)31-34(44)39(21-9-19-36(30,31)45-35)27-16-14-26(37)15-17-27/h2-19,28-31,41H,20-23H2,1H3/t28-,29-,30+,31?,35+,36+/m1/s1. The van der Waals surface area contributed by atoms with E-state index >= 15 is 0 Å². The average molecular weight is 640 g/mol. The molecule has 7 rings (SSSR count). The van der Waals surface area contributed by atoms with Gasteiger partial charge < -0.3 is 19.8 Å². The van der Waals surface area contributed by atoms with E-state index in [-0.39, 0.29) is 24.3 Å². The fraction of sp³-hybridized carbons (Fsp3) is 0.306. The van der Waals surface area contributed by atoms with Gasteiger partial charge in [0.1, 0.15) is 6.04 Å². The molecule has 1 unspecified atom stereocenters. The maximum absolute atomic E-state index is 15.0. The second-order valence-corrected chi connectivity index (χ2v) is 14.5. The van der Waals surface area contributed by atoms with Gasteiger partial charge in [0.15, 0.2) is 0 Å². The van der Waals surface area contributed by atoms with Crippen LogP contribution in [0, 0.1) is 11.8 Å². The van der Waals surface area contributed by atoms with E-state index < -0.39 is 33.4 Å². The maximum atomic E-state index is 15.0. The van der Waals surface area contributed by atoms with Crippen molar-refractivity contribution in [2.75, 3.05) is 24.6 Å². The number of fused-ring (bicyclic) bond motifs is 2. The molecule has 45 heavy (non-hydrogen) atoms. The van der Waals surface area contributed by atoms with Gasteiger partial charge in [-0.05, 0) is 42.3 Å². The highest BCUT2D eigenvalue weighted by Crippen LogP contribution is 2.66. The molecular weight excluding hydrogens is 606 g/mol. The summed E-state index contributed by atoms with van der Waals surface area (Å²) in [6.45, 7) is 2.81. The lowest BCUT2D eigenvalue weighted by Crippen LogP contribution is -2.54. The minimum absolute atomic E-state index is 0.102. The number of benzene rings is 3. The van der Waals surface area contributed by atoms with Crippen molar-refractivity contribution < 1.29 is 19.5 Å². The molecule has 0 saturated carbocycles. The monoisotopic (exact) mass is 639 g/mol. The summed E-state index contributed by atoms with van der Waals surface area (Å²) >= 11 is 7.72. The molecule has 4 aliphatic heterocycles. The minimum atomic E-state index is -1.04. The molecular formula is C36H34ClN3O4S. The first-order chi connectivity index (χ1) is 21.8. The van der Waals surface area contributed by atoms with Crippen LogP contribution in [-0.4, -0.2) is 67.9 Å². The van der Waals surface area contributed by atoms with E-state index in [1.807, 2.05) is 90.7 Å². The number of likely N-dealkylation sites (tertiary alicyclic amines) is 1. The second-order valence-electron chi connectivity index (χ2n) is 12.3. The molecule has 3 aromatic rings. The van der Waals surface area contributed by atoms with Crippen molar-refractivity contribution in [3.8, 4) is 0 Å². The van der Waals surface area contributed by atoms with Crippen LogP contribution in [-0.2, 0) is 20.9 Å². The number of halogens is 1. The highest BCUT2D eigenvalue weighted by atomic mass is 35.5. The first-order valence-electron chi connectivity index (χ1n) is 15.2. The number of hydrogen-bond acceptors (Lipinski definition) is 5. The van der Waals surface area contributed by atoms with Crippen LogP contribution >= 0.6 is 23.4 Å². The molecule has 4 aliphatic rings. The van der Waals surface area contributed by atoms with Gasteiger partial charge in [-0.15, -0.1) is 11.8 Å². The van der Waals surface area contributed by atoms with Gasteiger partial charge in [-0.25, -0.2) is 0 Å². The molecule has 1 spiro atoms. The second kappa shape index (κ2) is 11.5. The predicted octanol–water partition coefficient (Wildman–Crippen LogP) is 5.26. The van der Waals surface area contributed by atoms with Crippen LogP contribution in [0.15, 0.2) is 109 Å². The van der Waals surface area contributed by atoms with Gasteiger partial charge in [0.05, 0.1) is 29.2 Å². The zero-order valence-corrected chi connectivity index (χ0v) is 26.4. The molecule has 0 bridgehead atoms. The van der Waals surface area contributed by atoms with Crippen LogP contribution in [0.1, 0.15) is 24.1 Å². The average Bonchev–Trinajstić information content (AvgIpc) is 3.32. The SMILES string of the molecule is C[C@]12C=CCN(Cc3ccccc3)C(=O)[C@H]1[C@H]1C(=O)N([C@H](CO)c3ccccc3)C3C(=O)N(c4ccc(Cl)cc4)CC=C[C@@]31S2. The number of rotatable bonds is 6. The van der Waals surface area contributed by atoms with E-state index in [0.29, 0.717) is 30.3 Å². The molecule has 230 valence electrons. The number of anilines is 1. The van der Waals surface area contributed by atoms with Gasteiger partial charge in [-0.2, -0.15) is 0 Å². The van der Waals surface area contributed by atoms with E-state index in [1.165, 1.54) is 11.8 Å². The molecule has 2 saturated heterocycles. The highest BCUT2D eigenvalue weighted by molar-refractivity contribution is 8.02. The van der Waals surface area contributed by atoms with Crippen molar-refractivity contribution in [1.29, 1.82) is 0 Å². The molecule has 1 N–H and O–H groups in total. The van der Waals surface area contributed by atoms with Gasteiger partial charge in [0.25, 0.3) is 5.91 Å². The summed E-state index contributed by atoms with van der Waals surface area (Å²) in [6.07, 6.45) is 8.03. The summed E-state index contributed by atoms with van der Waals surface area (Å²) in [5.41, 5.74) is 2.40. The van der Waals surface area contributed by atoms with Crippen molar-refractivity contribution in [1.82, 2.24) is 9.80 Å².